The smallest absolute Gasteiger partial charge is 0.0720 e. The molecular weight excluding hydrogens is 248 g/mol. The Morgan fingerprint density at radius 2 is 1.75 bits per heavy atom. The molecule has 0 aliphatic heterocycles. The van der Waals surface area contributed by atoms with E-state index in [-0.39, 0.29) is 5.54 Å². The third kappa shape index (κ3) is 7.63. The molecule has 1 aromatic rings. The summed E-state index contributed by atoms with van der Waals surface area (Å²) in [5, 5.41) is 3.53. The maximum atomic E-state index is 5.79. The fourth-order valence-electron chi connectivity index (χ4n) is 1.90. The average Bonchev–Trinajstić information content (AvgIpc) is 2.36. The summed E-state index contributed by atoms with van der Waals surface area (Å²) < 4.78 is 5.79. The molecule has 0 aromatic heterocycles. The van der Waals surface area contributed by atoms with Crippen LogP contribution in [-0.2, 0) is 17.9 Å². The van der Waals surface area contributed by atoms with Crippen molar-refractivity contribution in [1.82, 2.24) is 10.2 Å². The van der Waals surface area contributed by atoms with Crippen LogP contribution >= 0.6 is 0 Å². The highest BCUT2D eigenvalue weighted by atomic mass is 16.5. The molecule has 0 aliphatic carbocycles. The summed E-state index contributed by atoms with van der Waals surface area (Å²) >= 11 is 0. The van der Waals surface area contributed by atoms with Gasteiger partial charge in [0.1, 0.15) is 0 Å². The van der Waals surface area contributed by atoms with E-state index in [9.17, 15) is 0 Å². The summed E-state index contributed by atoms with van der Waals surface area (Å²) in [6, 6.07) is 8.51. The maximum Gasteiger partial charge on any atom is 0.0720 e. The fraction of sp³-hybridized carbons (Fsp3) is 0.647. The lowest BCUT2D eigenvalue weighted by Crippen LogP contribution is -2.35. The molecule has 0 amide bonds. The van der Waals surface area contributed by atoms with Gasteiger partial charge >= 0.3 is 0 Å². The van der Waals surface area contributed by atoms with Gasteiger partial charge in [-0.1, -0.05) is 24.3 Å². The summed E-state index contributed by atoms with van der Waals surface area (Å²) in [4.78, 5) is 2.19. The Balaban J connectivity index is 2.41. The lowest BCUT2D eigenvalue weighted by atomic mass is 10.1. The Morgan fingerprint density at radius 1 is 1.10 bits per heavy atom. The zero-order chi connectivity index (χ0) is 15.0. The van der Waals surface area contributed by atoms with Crippen LogP contribution in [0.2, 0.25) is 0 Å². The van der Waals surface area contributed by atoms with Crippen LogP contribution in [0.25, 0.3) is 0 Å². The molecule has 0 bridgehead atoms. The minimum Gasteiger partial charge on any atom is -0.377 e. The van der Waals surface area contributed by atoms with Crippen LogP contribution in [-0.4, -0.2) is 37.7 Å². The van der Waals surface area contributed by atoms with Gasteiger partial charge in [-0.25, -0.2) is 0 Å². The molecule has 1 aromatic carbocycles. The Kier molecular flexibility index (Phi) is 7.20. The first-order valence-electron chi connectivity index (χ1n) is 7.43. The van der Waals surface area contributed by atoms with Gasteiger partial charge in [0.2, 0.25) is 0 Å². The number of rotatable bonds is 8. The average molecular weight is 278 g/mol. The molecule has 0 saturated carbocycles. The summed E-state index contributed by atoms with van der Waals surface area (Å²) in [6.07, 6.45) is 1.08. The van der Waals surface area contributed by atoms with Crippen molar-refractivity contribution in [2.75, 3.05) is 27.2 Å². The van der Waals surface area contributed by atoms with E-state index in [2.05, 4.69) is 69.3 Å². The second-order valence-electron chi connectivity index (χ2n) is 6.58. The van der Waals surface area contributed by atoms with Crippen LogP contribution < -0.4 is 5.32 Å². The lowest BCUT2D eigenvalue weighted by Gasteiger charge is -2.21. The minimum absolute atomic E-state index is 0.139. The Labute approximate surface area is 124 Å². The second-order valence-corrected chi connectivity index (χ2v) is 6.58. The molecule has 114 valence electrons. The zero-order valence-corrected chi connectivity index (χ0v) is 13.7. The van der Waals surface area contributed by atoms with Gasteiger partial charge in [-0.2, -0.15) is 0 Å². The highest BCUT2D eigenvalue weighted by Crippen LogP contribution is 2.12. The first-order valence-corrected chi connectivity index (χ1v) is 7.43. The molecule has 0 aliphatic rings. The molecule has 3 nitrogen and oxygen atoms in total. The molecular formula is C17H30N2O. The topological polar surface area (TPSA) is 24.5 Å². The van der Waals surface area contributed by atoms with Crippen LogP contribution in [0.4, 0.5) is 0 Å². The first kappa shape index (κ1) is 17.2. The summed E-state index contributed by atoms with van der Waals surface area (Å²) in [6.45, 7) is 10.1. The lowest BCUT2D eigenvalue weighted by molar-refractivity contribution is 0.112. The van der Waals surface area contributed by atoms with Crippen molar-refractivity contribution >= 4 is 0 Å². The molecule has 3 heteroatoms. The van der Waals surface area contributed by atoms with Gasteiger partial charge in [0.25, 0.3) is 0 Å². The van der Waals surface area contributed by atoms with Gasteiger partial charge in [0.15, 0.2) is 0 Å². The van der Waals surface area contributed by atoms with E-state index in [0.717, 1.165) is 26.1 Å². The van der Waals surface area contributed by atoms with Gasteiger partial charge in [-0.05, 0) is 59.0 Å². The van der Waals surface area contributed by atoms with Crippen molar-refractivity contribution in [3.8, 4) is 0 Å². The zero-order valence-electron chi connectivity index (χ0n) is 13.7. The normalized spacial score (nSPS) is 12.1. The van der Waals surface area contributed by atoms with Gasteiger partial charge in [0, 0.05) is 18.7 Å². The minimum atomic E-state index is 0.139. The van der Waals surface area contributed by atoms with Gasteiger partial charge in [0.05, 0.1) is 6.61 Å². The number of ether oxygens (including phenoxy) is 1. The van der Waals surface area contributed by atoms with Gasteiger partial charge in [-0.15, -0.1) is 0 Å². The highest BCUT2D eigenvalue weighted by Gasteiger charge is 2.10. The van der Waals surface area contributed by atoms with E-state index in [0.29, 0.717) is 6.61 Å². The fourth-order valence-corrected chi connectivity index (χ4v) is 1.90. The van der Waals surface area contributed by atoms with Crippen LogP contribution in [0, 0.1) is 0 Å². The van der Waals surface area contributed by atoms with Crippen LogP contribution in [0.15, 0.2) is 24.3 Å². The maximum absolute atomic E-state index is 5.79. The van der Waals surface area contributed by atoms with E-state index >= 15 is 0 Å². The Morgan fingerprint density at radius 3 is 2.35 bits per heavy atom. The van der Waals surface area contributed by atoms with E-state index in [1.54, 1.807) is 0 Å². The van der Waals surface area contributed by atoms with Crippen LogP contribution in [0.5, 0.6) is 0 Å². The summed E-state index contributed by atoms with van der Waals surface area (Å²) in [5.41, 5.74) is 2.75. The van der Waals surface area contributed by atoms with Crippen LogP contribution in [0.3, 0.4) is 0 Å². The number of hydrogen-bond donors (Lipinski definition) is 1. The Bertz CT molecular complexity index is 383. The van der Waals surface area contributed by atoms with Gasteiger partial charge < -0.3 is 15.0 Å². The molecule has 1 N–H and O–H groups in total. The van der Waals surface area contributed by atoms with E-state index < -0.39 is 0 Å². The van der Waals surface area contributed by atoms with E-state index in [1.165, 1.54) is 11.1 Å². The third-order valence-corrected chi connectivity index (χ3v) is 3.08. The quantitative estimate of drug-likeness (QED) is 0.740. The number of hydrogen-bond acceptors (Lipinski definition) is 3. The monoisotopic (exact) mass is 278 g/mol. The van der Waals surface area contributed by atoms with Gasteiger partial charge in [-0.3, -0.25) is 0 Å². The number of nitrogens with one attached hydrogen (secondary N) is 1. The van der Waals surface area contributed by atoms with Crippen molar-refractivity contribution < 1.29 is 4.74 Å². The molecule has 1 rings (SSSR count). The summed E-state index contributed by atoms with van der Waals surface area (Å²) in [5.74, 6) is 0. The number of nitrogens with zero attached hydrogens (tertiary/aromatic N) is 1. The summed E-state index contributed by atoms with van der Waals surface area (Å²) in [7, 11) is 4.18. The van der Waals surface area contributed by atoms with Crippen molar-refractivity contribution in [3.63, 3.8) is 0 Å². The van der Waals surface area contributed by atoms with Crippen molar-refractivity contribution in [2.24, 2.45) is 0 Å². The first-order chi connectivity index (χ1) is 9.38. The highest BCUT2D eigenvalue weighted by molar-refractivity contribution is 5.26. The van der Waals surface area contributed by atoms with Crippen molar-refractivity contribution in [3.05, 3.63) is 35.4 Å². The molecule has 0 fully saturated rings. The second kappa shape index (κ2) is 8.40. The van der Waals surface area contributed by atoms with E-state index in [4.69, 9.17) is 4.74 Å². The number of benzene rings is 1. The molecule has 0 unspecified atom stereocenters. The van der Waals surface area contributed by atoms with E-state index in [1.807, 2.05) is 0 Å². The van der Waals surface area contributed by atoms with Crippen molar-refractivity contribution in [1.29, 1.82) is 0 Å². The standard InChI is InChI=1S/C17H30N2O/c1-17(2,3)18-13-15-9-6-7-10-16(15)14-20-12-8-11-19(4)5/h6-7,9-10,18H,8,11-14H2,1-5H3. The van der Waals surface area contributed by atoms with Crippen LogP contribution in [0.1, 0.15) is 38.3 Å². The largest absolute Gasteiger partial charge is 0.377 e. The van der Waals surface area contributed by atoms with Crippen molar-refractivity contribution in [2.45, 2.75) is 45.9 Å². The molecule has 0 radical (unpaired) electrons. The molecule has 0 spiro atoms. The SMILES string of the molecule is CN(C)CCCOCc1ccccc1CNC(C)(C)C. The molecule has 20 heavy (non-hydrogen) atoms. The Hall–Kier alpha value is -0.900. The molecule has 0 saturated heterocycles. The molecule has 0 heterocycles. The predicted molar refractivity (Wildman–Crippen MR) is 85.9 cm³/mol. The predicted octanol–water partition coefficient (Wildman–Crippen LogP) is 3.04. The third-order valence-electron chi connectivity index (χ3n) is 3.08. The molecule has 0 atom stereocenters.